The number of hydrogen-bond acceptors (Lipinski definition) is 4. The first kappa shape index (κ1) is 22.7. The van der Waals surface area contributed by atoms with Crippen LogP contribution in [0.25, 0.3) is 5.73 Å². The molecule has 1 unspecified atom stereocenters. The van der Waals surface area contributed by atoms with Gasteiger partial charge in [0.2, 0.25) is 5.88 Å². The lowest BCUT2D eigenvalue weighted by Gasteiger charge is -2.09. The van der Waals surface area contributed by atoms with Crippen molar-refractivity contribution in [2.24, 2.45) is 0 Å². The van der Waals surface area contributed by atoms with Gasteiger partial charge in [-0.1, -0.05) is 31.9 Å². The zero-order chi connectivity index (χ0) is 20.2. The van der Waals surface area contributed by atoms with Crippen molar-refractivity contribution in [3.8, 4) is 5.88 Å². The summed E-state index contributed by atoms with van der Waals surface area (Å²) in [7, 11) is 0. The molecular weight excluding hydrogens is 378 g/mol. The van der Waals surface area contributed by atoms with Gasteiger partial charge < -0.3 is 15.8 Å². The van der Waals surface area contributed by atoms with E-state index in [1.807, 2.05) is 13.8 Å². The molecule has 0 fully saturated rings. The first-order valence-corrected chi connectivity index (χ1v) is 8.66. The molecule has 2 heterocycles. The second-order valence-electron chi connectivity index (χ2n) is 5.56. The standard InChI is InChI=1S/C14H12ClF2N3O2.C4H10N/c15-11-5-9(7-20-14(11)22-8-12(16)17)6-19-13(21)10-1-3-18-4-2-10;1-3-4(2)5/h1-5,7,12H,6,8H2,(H,19,21);4-5H,3H2,1-2H3/q;-1. The van der Waals surface area contributed by atoms with Gasteiger partial charge in [-0.05, 0) is 23.8 Å². The number of rotatable bonds is 7. The van der Waals surface area contributed by atoms with E-state index in [1.54, 1.807) is 12.1 Å². The van der Waals surface area contributed by atoms with Crippen molar-refractivity contribution in [2.75, 3.05) is 6.61 Å². The van der Waals surface area contributed by atoms with Crippen molar-refractivity contribution in [2.45, 2.75) is 39.3 Å². The zero-order valence-corrected chi connectivity index (χ0v) is 15.8. The highest BCUT2D eigenvalue weighted by atomic mass is 35.5. The van der Waals surface area contributed by atoms with Crippen molar-refractivity contribution in [1.29, 1.82) is 0 Å². The van der Waals surface area contributed by atoms with Gasteiger partial charge in [-0.15, -0.1) is 6.04 Å². The van der Waals surface area contributed by atoms with Crippen LogP contribution in [0.5, 0.6) is 5.88 Å². The number of carbonyl (C=O) groups excluding carboxylic acids is 1. The predicted molar refractivity (Wildman–Crippen MR) is 100 cm³/mol. The Hall–Kier alpha value is -2.32. The molecule has 148 valence electrons. The van der Waals surface area contributed by atoms with Crippen LogP contribution in [-0.4, -0.2) is 34.9 Å². The van der Waals surface area contributed by atoms with E-state index in [0.717, 1.165) is 6.42 Å². The van der Waals surface area contributed by atoms with Crippen LogP contribution in [0, 0.1) is 0 Å². The van der Waals surface area contributed by atoms with Gasteiger partial charge in [-0.3, -0.25) is 9.78 Å². The summed E-state index contributed by atoms with van der Waals surface area (Å²) < 4.78 is 28.9. The number of nitrogens with one attached hydrogen (secondary N) is 2. The molecule has 2 rings (SSSR count). The van der Waals surface area contributed by atoms with Gasteiger partial charge in [-0.25, -0.2) is 13.8 Å². The molecule has 0 aliphatic heterocycles. The quantitative estimate of drug-likeness (QED) is 0.740. The fourth-order valence-corrected chi connectivity index (χ4v) is 1.84. The van der Waals surface area contributed by atoms with Crippen molar-refractivity contribution < 1.29 is 18.3 Å². The molecule has 9 heteroatoms. The molecule has 0 spiro atoms. The Kier molecular flexibility index (Phi) is 10.2. The van der Waals surface area contributed by atoms with Crippen LogP contribution in [0.3, 0.4) is 0 Å². The van der Waals surface area contributed by atoms with Gasteiger partial charge in [0.25, 0.3) is 12.3 Å². The van der Waals surface area contributed by atoms with Crippen LogP contribution in [0.15, 0.2) is 36.8 Å². The molecule has 1 atom stereocenters. The summed E-state index contributed by atoms with van der Waals surface area (Å²) in [5.74, 6) is -0.331. The fraction of sp³-hybridized carbons (Fsp3) is 0.389. The van der Waals surface area contributed by atoms with Crippen molar-refractivity contribution in [3.05, 3.63) is 58.7 Å². The first-order chi connectivity index (χ1) is 12.8. The average Bonchev–Trinajstić information content (AvgIpc) is 2.66. The Bertz CT molecular complexity index is 703. The van der Waals surface area contributed by atoms with E-state index in [4.69, 9.17) is 22.1 Å². The molecule has 0 saturated heterocycles. The van der Waals surface area contributed by atoms with Crippen LogP contribution in [-0.2, 0) is 6.54 Å². The van der Waals surface area contributed by atoms with Gasteiger partial charge in [0.1, 0.15) is 5.02 Å². The summed E-state index contributed by atoms with van der Waals surface area (Å²) in [6.45, 7) is 3.32. The number of halogens is 3. The number of ether oxygens (including phenoxy) is 1. The maximum Gasteiger partial charge on any atom is 0.272 e. The number of carbonyl (C=O) groups is 1. The first-order valence-electron chi connectivity index (χ1n) is 8.28. The molecule has 2 aromatic rings. The molecule has 1 amide bonds. The van der Waals surface area contributed by atoms with Crippen LogP contribution < -0.4 is 10.1 Å². The smallest absolute Gasteiger partial charge is 0.272 e. The Morgan fingerprint density at radius 3 is 2.52 bits per heavy atom. The van der Waals surface area contributed by atoms with Gasteiger partial charge in [0, 0.05) is 30.7 Å². The Labute approximate surface area is 162 Å². The highest BCUT2D eigenvalue weighted by Gasteiger charge is 2.10. The summed E-state index contributed by atoms with van der Waals surface area (Å²) in [6.07, 6.45) is 2.81. The summed E-state index contributed by atoms with van der Waals surface area (Å²) in [5, 5.41) is 2.79. The Morgan fingerprint density at radius 1 is 1.37 bits per heavy atom. The monoisotopic (exact) mass is 399 g/mol. The summed E-state index contributed by atoms with van der Waals surface area (Å²) in [4.78, 5) is 19.5. The summed E-state index contributed by atoms with van der Waals surface area (Å²) in [6, 6.07) is 4.81. The second kappa shape index (κ2) is 12.1. The minimum Gasteiger partial charge on any atom is -0.675 e. The third kappa shape index (κ3) is 9.25. The average molecular weight is 400 g/mol. The molecule has 0 radical (unpaired) electrons. The SMILES string of the molecule is CCC(C)[NH-].O=C(NCc1cnc(OCC(F)F)c(Cl)c1)c1ccncc1. The van der Waals surface area contributed by atoms with E-state index >= 15 is 0 Å². The van der Waals surface area contributed by atoms with Crippen LogP contribution in [0.4, 0.5) is 8.78 Å². The van der Waals surface area contributed by atoms with E-state index in [1.165, 1.54) is 24.7 Å². The lowest BCUT2D eigenvalue weighted by atomic mass is 10.2. The van der Waals surface area contributed by atoms with E-state index in [0.29, 0.717) is 11.1 Å². The number of nitrogens with zero attached hydrogens (tertiary/aromatic N) is 2. The van der Waals surface area contributed by atoms with E-state index in [2.05, 4.69) is 15.3 Å². The second-order valence-corrected chi connectivity index (χ2v) is 5.97. The molecule has 27 heavy (non-hydrogen) atoms. The zero-order valence-electron chi connectivity index (χ0n) is 15.1. The van der Waals surface area contributed by atoms with Crippen LogP contribution in [0.1, 0.15) is 36.2 Å². The van der Waals surface area contributed by atoms with Crippen molar-refractivity contribution in [3.63, 3.8) is 0 Å². The number of amides is 1. The molecule has 0 aliphatic carbocycles. The molecule has 0 aromatic carbocycles. The van der Waals surface area contributed by atoms with E-state index < -0.39 is 13.0 Å². The lowest BCUT2D eigenvalue weighted by molar-refractivity contribution is 0.0796. The minimum absolute atomic E-state index is 0.0637. The predicted octanol–water partition coefficient (Wildman–Crippen LogP) is 4.54. The normalized spacial score (nSPS) is 11.4. The lowest BCUT2D eigenvalue weighted by Crippen LogP contribution is -2.22. The molecule has 0 aliphatic rings. The van der Waals surface area contributed by atoms with Gasteiger partial charge in [0.15, 0.2) is 6.61 Å². The summed E-state index contributed by atoms with van der Waals surface area (Å²) >= 11 is 5.89. The molecular formula is C18H22ClF2N4O2-. The van der Waals surface area contributed by atoms with Gasteiger partial charge >= 0.3 is 0 Å². The van der Waals surface area contributed by atoms with Crippen molar-refractivity contribution >= 4 is 17.5 Å². The van der Waals surface area contributed by atoms with Crippen LogP contribution in [0.2, 0.25) is 5.02 Å². The molecule has 6 nitrogen and oxygen atoms in total. The highest BCUT2D eigenvalue weighted by Crippen LogP contribution is 2.22. The molecule has 2 aromatic heterocycles. The van der Waals surface area contributed by atoms with Crippen LogP contribution >= 0.6 is 11.6 Å². The number of aromatic nitrogens is 2. The number of hydrogen-bond donors (Lipinski definition) is 1. The number of pyridine rings is 2. The largest absolute Gasteiger partial charge is 0.675 e. The fourth-order valence-electron chi connectivity index (χ4n) is 1.60. The topological polar surface area (TPSA) is 87.9 Å². The molecule has 0 bridgehead atoms. The summed E-state index contributed by atoms with van der Waals surface area (Å²) in [5.41, 5.74) is 7.93. The maximum absolute atomic E-state index is 12.1. The third-order valence-electron chi connectivity index (χ3n) is 3.22. The minimum atomic E-state index is -2.60. The van der Waals surface area contributed by atoms with Gasteiger partial charge in [0.05, 0.1) is 0 Å². The highest BCUT2D eigenvalue weighted by molar-refractivity contribution is 6.31. The molecule has 0 saturated carbocycles. The van der Waals surface area contributed by atoms with Gasteiger partial charge in [-0.2, -0.15) is 0 Å². The molecule has 2 N–H and O–H groups in total. The van der Waals surface area contributed by atoms with E-state index in [9.17, 15) is 13.6 Å². The van der Waals surface area contributed by atoms with Crippen molar-refractivity contribution in [1.82, 2.24) is 15.3 Å². The third-order valence-corrected chi connectivity index (χ3v) is 3.49. The van der Waals surface area contributed by atoms with E-state index in [-0.39, 0.29) is 29.4 Å². The Balaban J connectivity index is 0.000000646. The Morgan fingerprint density at radius 2 is 2.00 bits per heavy atom. The maximum atomic E-state index is 12.1. The number of alkyl halides is 2.